The Morgan fingerprint density at radius 2 is 1.96 bits per heavy atom. The Bertz CT molecular complexity index is 1080. The molecule has 0 spiro atoms. The predicted octanol–water partition coefficient (Wildman–Crippen LogP) is 3.74. The van der Waals surface area contributed by atoms with Crippen LogP contribution in [0.25, 0.3) is 22.4 Å². The van der Waals surface area contributed by atoms with E-state index in [1.54, 1.807) is 4.90 Å². The first-order chi connectivity index (χ1) is 12.8. The van der Waals surface area contributed by atoms with Crippen molar-refractivity contribution >= 4 is 22.5 Å². The molecule has 2 aromatic heterocycles. The van der Waals surface area contributed by atoms with E-state index in [4.69, 9.17) is 4.52 Å². The van der Waals surface area contributed by atoms with Gasteiger partial charge in [0, 0.05) is 47.2 Å². The molecule has 0 aliphatic carbocycles. The highest BCUT2D eigenvalue weighted by molar-refractivity contribution is 5.96. The van der Waals surface area contributed by atoms with Gasteiger partial charge < -0.3 is 14.4 Å². The molecule has 1 aliphatic heterocycles. The molecule has 2 aromatic carbocycles. The number of aromatic amines is 1. The Labute approximate surface area is 149 Å². The monoisotopic (exact) mass is 344 g/mol. The van der Waals surface area contributed by atoms with Gasteiger partial charge in [0.2, 0.25) is 5.91 Å². The average Bonchev–Trinajstić information content (AvgIpc) is 3.41. The van der Waals surface area contributed by atoms with E-state index >= 15 is 0 Å². The lowest BCUT2D eigenvalue weighted by atomic mass is 10.1. The Kier molecular flexibility index (Phi) is 3.35. The van der Waals surface area contributed by atoms with Gasteiger partial charge in [-0.2, -0.15) is 4.98 Å². The van der Waals surface area contributed by atoms with E-state index in [0.29, 0.717) is 24.7 Å². The van der Waals surface area contributed by atoms with Crippen LogP contribution in [0, 0.1) is 0 Å². The minimum absolute atomic E-state index is 0.0642. The maximum absolute atomic E-state index is 12.4. The number of nitrogens with one attached hydrogen (secondary N) is 1. The third-order valence-electron chi connectivity index (χ3n) is 4.83. The molecule has 0 radical (unpaired) electrons. The van der Waals surface area contributed by atoms with Gasteiger partial charge in [-0.1, -0.05) is 29.4 Å². The van der Waals surface area contributed by atoms with Gasteiger partial charge in [0.05, 0.1) is 0 Å². The van der Waals surface area contributed by atoms with Crippen molar-refractivity contribution in [3.8, 4) is 11.5 Å². The van der Waals surface area contributed by atoms with E-state index in [0.717, 1.165) is 22.2 Å². The fourth-order valence-corrected chi connectivity index (χ4v) is 3.52. The molecular formula is C20H16N4O2. The van der Waals surface area contributed by atoms with Crippen LogP contribution in [0.4, 0.5) is 5.69 Å². The van der Waals surface area contributed by atoms with Gasteiger partial charge in [0.15, 0.2) is 5.82 Å². The molecule has 1 unspecified atom stereocenters. The lowest BCUT2D eigenvalue weighted by Gasteiger charge is -2.15. The van der Waals surface area contributed by atoms with Crippen LogP contribution in [0.15, 0.2) is 65.3 Å². The van der Waals surface area contributed by atoms with E-state index in [1.165, 1.54) is 0 Å². The normalized spacial score (nSPS) is 17.3. The molecule has 4 aromatic rings. The highest BCUT2D eigenvalue weighted by Crippen LogP contribution is 2.32. The van der Waals surface area contributed by atoms with Crippen LogP contribution in [-0.2, 0) is 4.79 Å². The van der Waals surface area contributed by atoms with Crippen LogP contribution in [0.1, 0.15) is 18.2 Å². The summed E-state index contributed by atoms with van der Waals surface area (Å²) in [6.07, 6.45) is 2.28. The van der Waals surface area contributed by atoms with Crippen molar-refractivity contribution in [2.24, 2.45) is 0 Å². The Hall–Kier alpha value is -3.41. The van der Waals surface area contributed by atoms with Gasteiger partial charge in [0.25, 0.3) is 5.89 Å². The molecule has 1 aliphatic rings. The number of anilines is 1. The number of carbonyl (C=O) groups is 1. The minimum atomic E-state index is -0.0642. The molecule has 1 saturated heterocycles. The lowest BCUT2D eigenvalue weighted by molar-refractivity contribution is -0.117. The second-order valence-corrected chi connectivity index (χ2v) is 6.44. The fourth-order valence-electron chi connectivity index (χ4n) is 3.52. The Morgan fingerprint density at radius 1 is 1.08 bits per heavy atom. The number of carbonyl (C=O) groups excluding carboxylic acids is 1. The third kappa shape index (κ3) is 2.38. The van der Waals surface area contributed by atoms with Crippen LogP contribution >= 0.6 is 0 Å². The van der Waals surface area contributed by atoms with Gasteiger partial charge >= 0.3 is 0 Å². The summed E-state index contributed by atoms with van der Waals surface area (Å²) >= 11 is 0. The van der Waals surface area contributed by atoms with Crippen LogP contribution in [-0.4, -0.2) is 27.6 Å². The van der Waals surface area contributed by atoms with Gasteiger partial charge in [-0.3, -0.25) is 4.79 Å². The first-order valence-electron chi connectivity index (χ1n) is 8.55. The molecule has 6 heteroatoms. The van der Waals surface area contributed by atoms with Crippen LogP contribution in [0.2, 0.25) is 0 Å². The topological polar surface area (TPSA) is 75.0 Å². The van der Waals surface area contributed by atoms with Crippen LogP contribution < -0.4 is 4.90 Å². The molecule has 1 atom stereocenters. The molecule has 5 rings (SSSR count). The maximum Gasteiger partial charge on any atom is 0.258 e. The fraction of sp³-hybridized carbons (Fsp3) is 0.150. The molecule has 26 heavy (non-hydrogen) atoms. The third-order valence-corrected chi connectivity index (χ3v) is 4.83. The summed E-state index contributed by atoms with van der Waals surface area (Å²) in [4.78, 5) is 22.0. The first-order valence-corrected chi connectivity index (χ1v) is 8.55. The van der Waals surface area contributed by atoms with Gasteiger partial charge in [-0.05, 0) is 30.3 Å². The molecule has 3 heterocycles. The van der Waals surface area contributed by atoms with Crippen molar-refractivity contribution in [2.45, 2.75) is 12.3 Å². The van der Waals surface area contributed by atoms with E-state index in [-0.39, 0.29) is 11.8 Å². The van der Waals surface area contributed by atoms with Crippen molar-refractivity contribution in [3.63, 3.8) is 0 Å². The summed E-state index contributed by atoms with van der Waals surface area (Å²) < 4.78 is 5.51. The number of para-hydroxylation sites is 1. The molecule has 0 saturated carbocycles. The Balaban J connectivity index is 1.44. The second kappa shape index (κ2) is 5.84. The van der Waals surface area contributed by atoms with E-state index in [9.17, 15) is 4.79 Å². The van der Waals surface area contributed by atoms with Crippen molar-refractivity contribution in [1.29, 1.82) is 0 Å². The minimum Gasteiger partial charge on any atom is -0.361 e. The summed E-state index contributed by atoms with van der Waals surface area (Å²) in [6, 6.07) is 17.6. The summed E-state index contributed by atoms with van der Waals surface area (Å²) in [5, 5.41) is 5.19. The zero-order valence-electron chi connectivity index (χ0n) is 13.9. The van der Waals surface area contributed by atoms with Crippen molar-refractivity contribution in [2.75, 3.05) is 11.4 Å². The zero-order chi connectivity index (χ0) is 17.5. The predicted molar refractivity (Wildman–Crippen MR) is 97.7 cm³/mol. The molecule has 6 nitrogen and oxygen atoms in total. The summed E-state index contributed by atoms with van der Waals surface area (Å²) in [6.45, 7) is 0.566. The van der Waals surface area contributed by atoms with Crippen LogP contribution in [0.3, 0.4) is 0 Å². The number of H-pyrrole nitrogens is 1. The lowest BCUT2D eigenvalue weighted by Crippen LogP contribution is -2.24. The number of amides is 1. The standard InChI is InChI=1S/C20H16N4O2/c25-18-11-13(12-24(18)14-5-2-1-3-6-14)19-22-20(26-23-19)16-7-4-8-17-15(16)9-10-21-17/h1-10,13,21H,11-12H2. The molecular weight excluding hydrogens is 328 g/mol. The molecule has 1 amide bonds. The number of aromatic nitrogens is 3. The summed E-state index contributed by atoms with van der Waals surface area (Å²) in [5.41, 5.74) is 2.82. The van der Waals surface area contributed by atoms with E-state index in [1.807, 2.05) is 60.8 Å². The second-order valence-electron chi connectivity index (χ2n) is 6.44. The number of hydrogen-bond acceptors (Lipinski definition) is 4. The Morgan fingerprint density at radius 3 is 2.85 bits per heavy atom. The smallest absolute Gasteiger partial charge is 0.258 e. The van der Waals surface area contributed by atoms with Crippen molar-refractivity contribution in [3.05, 3.63) is 66.6 Å². The molecule has 1 fully saturated rings. The average molecular weight is 344 g/mol. The van der Waals surface area contributed by atoms with Gasteiger partial charge in [0.1, 0.15) is 0 Å². The largest absolute Gasteiger partial charge is 0.361 e. The number of nitrogens with zero attached hydrogens (tertiary/aromatic N) is 3. The highest BCUT2D eigenvalue weighted by Gasteiger charge is 2.34. The summed E-state index contributed by atoms with van der Waals surface area (Å²) in [7, 11) is 0. The number of hydrogen-bond donors (Lipinski definition) is 1. The number of benzene rings is 2. The van der Waals surface area contributed by atoms with Crippen molar-refractivity contribution < 1.29 is 9.32 Å². The summed E-state index contributed by atoms with van der Waals surface area (Å²) in [5.74, 6) is 1.08. The van der Waals surface area contributed by atoms with Crippen molar-refractivity contribution in [1.82, 2.24) is 15.1 Å². The van der Waals surface area contributed by atoms with E-state index < -0.39 is 0 Å². The van der Waals surface area contributed by atoms with E-state index in [2.05, 4.69) is 15.1 Å². The SMILES string of the molecule is O=C1CC(c2noc(-c3cccc4[nH]ccc34)n2)CN1c1ccccc1. The van der Waals surface area contributed by atoms with Gasteiger partial charge in [-0.25, -0.2) is 0 Å². The van der Waals surface area contributed by atoms with Crippen LogP contribution in [0.5, 0.6) is 0 Å². The maximum atomic E-state index is 12.4. The molecule has 128 valence electrons. The highest BCUT2D eigenvalue weighted by atomic mass is 16.5. The molecule has 0 bridgehead atoms. The quantitative estimate of drug-likeness (QED) is 0.614. The zero-order valence-corrected chi connectivity index (χ0v) is 13.9. The molecule has 1 N–H and O–H groups in total. The number of fused-ring (bicyclic) bond motifs is 1. The first kappa shape index (κ1) is 14.9. The van der Waals surface area contributed by atoms with Gasteiger partial charge in [-0.15, -0.1) is 0 Å². The number of rotatable bonds is 3.